The van der Waals surface area contributed by atoms with Gasteiger partial charge in [0.25, 0.3) is 5.91 Å². The molecule has 4 aliphatic rings. The molecule has 0 aromatic heterocycles. The van der Waals surface area contributed by atoms with Gasteiger partial charge < -0.3 is 19.4 Å². The van der Waals surface area contributed by atoms with Crippen LogP contribution in [-0.4, -0.2) is 76.8 Å². The summed E-state index contributed by atoms with van der Waals surface area (Å²) in [5.74, 6) is 1.87. The Bertz CT molecular complexity index is 1090. The zero-order chi connectivity index (χ0) is 24.4. The molecule has 4 heterocycles. The van der Waals surface area contributed by atoms with Gasteiger partial charge in [0.05, 0.1) is 0 Å². The first-order chi connectivity index (χ1) is 17.0. The molecule has 1 N–H and O–H groups in total. The summed E-state index contributed by atoms with van der Waals surface area (Å²) < 4.78 is 5.20. The molecule has 1 atom stereocenters. The number of carbonyl (C=O) groups excluding carboxylic acids is 4. The van der Waals surface area contributed by atoms with E-state index in [-0.39, 0.29) is 24.8 Å². The molecule has 3 fully saturated rings. The average Bonchev–Trinajstić information content (AvgIpc) is 3.20. The lowest BCUT2D eigenvalue weighted by Crippen LogP contribution is -2.52. The predicted octanol–water partition coefficient (Wildman–Crippen LogP) is 1.84. The van der Waals surface area contributed by atoms with Gasteiger partial charge in [0.1, 0.15) is 12.1 Å². The van der Waals surface area contributed by atoms with Crippen LogP contribution in [0, 0.1) is 12.0 Å². The zero-order valence-electron chi connectivity index (χ0n) is 19.8. The number of ether oxygens (including phenoxy) is 1. The molecular weight excluding hydrogens is 448 g/mol. The number of nitrogens with one attached hydrogen (secondary N) is 1. The topological polar surface area (TPSA) is 99.3 Å². The van der Waals surface area contributed by atoms with Gasteiger partial charge in [-0.1, -0.05) is 6.42 Å². The van der Waals surface area contributed by atoms with E-state index < -0.39 is 18.0 Å². The second-order valence-corrected chi connectivity index (χ2v) is 9.68. The van der Waals surface area contributed by atoms with Crippen LogP contribution in [0.25, 0.3) is 0 Å². The van der Waals surface area contributed by atoms with Crippen LogP contribution in [0.3, 0.4) is 0 Å². The second-order valence-electron chi connectivity index (χ2n) is 9.68. The Balaban J connectivity index is 1.15. The zero-order valence-corrected chi connectivity index (χ0v) is 19.8. The van der Waals surface area contributed by atoms with E-state index in [1.54, 1.807) is 23.1 Å². The van der Waals surface area contributed by atoms with Crippen LogP contribution in [0.4, 0.5) is 4.79 Å². The van der Waals surface area contributed by atoms with Gasteiger partial charge in [0.15, 0.2) is 0 Å². The molecule has 1 unspecified atom stereocenters. The first kappa shape index (κ1) is 23.4. The molecule has 184 valence electrons. The van der Waals surface area contributed by atoms with E-state index in [1.807, 2.05) is 0 Å². The molecule has 5 rings (SSSR count). The number of piperidine rings is 3. The van der Waals surface area contributed by atoms with Gasteiger partial charge in [-0.3, -0.25) is 19.7 Å². The molecule has 4 aliphatic heterocycles. The Morgan fingerprint density at radius 2 is 1.77 bits per heavy atom. The number of carbonyl (C=O) groups is 4. The van der Waals surface area contributed by atoms with Crippen LogP contribution in [0.2, 0.25) is 0 Å². The van der Waals surface area contributed by atoms with Gasteiger partial charge in [-0.05, 0) is 74.9 Å². The van der Waals surface area contributed by atoms with E-state index in [9.17, 15) is 19.2 Å². The normalized spacial score (nSPS) is 23.4. The molecule has 0 spiro atoms. The summed E-state index contributed by atoms with van der Waals surface area (Å²) in [5.41, 5.74) is 1.91. The van der Waals surface area contributed by atoms with Crippen molar-refractivity contribution in [2.24, 2.45) is 0 Å². The molecule has 3 saturated heterocycles. The highest BCUT2D eigenvalue weighted by molar-refractivity contribution is 6.05. The van der Waals surface area contributed by atoms with Crippen LogP contribution in [0.15, 0.2) is 18.2 Å². The van der Waals surface area contributed by atoms with Crippen LogP contribution in [0.1, 0.15) is 66.4 Å². The Morgan fingerprint density at radius 1 is 1.00 bits per heavy atom. The number of imide groups is 1. The quantitative estimate of drug-likeness (QED) is 0.515. The molecule has 0 aliphatic carbocycles. The van der Waals surface area contributed by atoms with Crippen LogP contribution in [-0.2, 0) is 20.9 Å². The third-order valence-electron chi connectivity index (χ3n) is 7.49. The van der Waals surface area contributed by atoms with Crippen molar-refractivity contribution in [1.29, 1.82) is 0 Å². The summed E-state index contributed by atoms with van der Waals surface area (Å²) in [6.07, 6.45) is 8.41. The Kier molecular flexibility index (Phi) is 6.73. The van der Waals surface area contributed by atoms with Crippen LogP contribution < -0.4 is 5.32 Å². The number of fused-ring (bicyclic) bond motifs is 1. The highest BCUT2D eigenvalue weighted by Gasteiger charge is 2.39. The number of likely N-dealkylation sites (tertiary alicyclic amines) is 2. The van der Waals surface area contributed by atoms with E-state index >= 15 is 0 Å². The van der Waals surface area contributed by atoms with Crippen molar-refractivity contribution in [1.82, 2.24) is 20.0 Å². The lowest BCUT2D eigenvalue weighted by molar-refractivity contribution is -0.136. The lowest BCUT2D eigenvalue weighted by atomic mass is 10.0. The fraction of sp³-hybridized carbons (Fsp3) is 0.538. The number of amides is 4. The highest BCUT2D eigenvalue weighted by Crippen LogP contribution is 2.28. The molecule has 9 heteroatoms. The molecule has 9 nitrogen and oxygen atoms in total. The molecular formula is C26H30N4O5. The SMILES string of the molecule is O=C1CCC(N2Cc3cc(C#COC(=O)N4CCC(N5CCCCC5)CC4)ccc3C2=O)C(=O)N1. The molecule has 0 bridgehead atoms. The van der Waals surface area contributed by atoms with Gasteiger partial charge in [0, 0.05) is 43.2 Å². The number of rotatable bonds is 2. The van der Waals surface area contributed by atoms with Gasteiger partial charge in [-0.2, -0.15) is 0 Å². The van der Waals surface area contributed by atoms with E-state index in [0.717, 1.165) is 31.5 Å². The maximum atomic E-state index is 12.8. The van der Waals surface area contributed by atoms with Crippen molar-refractivity contribution in [2.45, 2.75) is 63.6 Å². The Labute approximate surface area is 204 Å². The number of nitrogens with zero attached hydrogens (tertiary/aromatic N) is 3. The standard InChI is InChI=1S/C26H30N4O5/c31-23-7-6-22(24(32)27-23)30-17-19-16-18(4-5-21(19)25(30)33)10-15-35-26(34)29-13-8-20(9-14-29)28-11-2-1-3-12-28/h4-5,16,20,22H,1-3,6-9,11-14,17H2,(H,27,31,32). The summed E-state index contributed by atoms with van der Waals surface area (Å²) in [6.45, 7) is 3.97. The van der Waals surface area contributed by atoms with Crippen LogP contribution in [0.5, 0.6) is 0 Å². The first-order valence-electron chi connectivity index (χ1n) is 12.5. The number of hydrogen-bond acceptors (Lipinski definition) is 6. The molecule has 0 saturated carbocycles. The van der Waals surface area contributed by atoms with Crippen molar-refractivity contribution in [3.05, 3.63) is 34.9 Å². The van der Waals surface area contributed by atoms with E-state index in [2.05, 4.69) is 22.2 Å². The number of hydrogen-bond donors (Lipinski definition) is 1. The largest absolute Gasteiger partial charge is 0.423 e. The molecule has 4 amide bonds. The summed E-state index contributed by atoms with van der Waals surface area (Å²) in [5, 5.41) is 2.30. The van der Waals surface area contributed by atoms with Gasteiger partial charge in [0.2, 0.25) is 11.8 Å². The monoisotopic (exact) mass is 478 g/mol. The van der Waals surface area contributed by atoms with Crippen LogP contribution >= 0.6 is 0 Å². The Morgan fingerprint density at radius 3 is 2.51 bits per heavy atom. The number of benzene rings is 1. The molecule has 35 heavy (non-hydrogen) atoms. The molecule has 1 aromatic rings. The minimum atomic E-state index is -0.651. The lowest BCUT2D eigenvalue weighted by Gasteiger charge is -2.39. The van der Waals surface area contributed by atoms with E-state index in [4.69, 9.17) is 4.74 Å². The van der Waals surface area contributed by atoms with Gasteiger partial charge >= 0.3 is 6.09 Å². The Hall–Kier alpha value is -3.38. The van der Waals surface area contributed by atoms with Crippen molar-refractivity contribution < 1.29 is 23.9 Å². The summed E-state index contributed by atoms with van der Waals surface area (Å²) in [7, 11) is 0. The smallest absolute Gasteiger partial charge is 0.355 e. The second kappa shape index (κ2) is 10.1. The fourth-order valence-corrected chi connectivity index (χ4v) is 5.54. The predicted molar refractivity (Wildman–Crippen MR) is 126 cm³/mol. The molecule has 1 aromatic carbocycles. The molecule has 0 radical (unpaired) electrons. The third-order valence-corrected chi connectivity index (χ3v) is 7.49. The summed E-state index contributed by atoms with van der Waals surface area (Å²) >= 11 is 0. The minimum absolute atomic E-state index is 0.217. The van der Waals surface area contributed by atoms with Gasteiger partial charge in [-0.15, -0.1) is 0 Å². The fourth-order valence-electron chi connectivity index (χ4n) is 5.54. The van der Waals surface area contributed by atoms with E-state index in [0.29, 0.717) is 36.7 Å². The summed E-state index contributed by atoms with van der Waals surface area (Å²) in [4.78, 5) is 54.6. The summed E-state index contributed by atoms with van der Waals surface area (Å²) in [6, 6.07) is 5.07. The van der Waals surface area contributed by atoms with Crippen molar-refractivity contribution in [3.63, 3.8) is 0 Å². The minimum Gasteiger partial charge on any atom is -0.355 e. The average molecular weight is 479 g/mol. The van der Waals surface area contributed by atoms with Crippen molar-refractivity contribution in [3.8, 4) is 12.0 Å². The first-order valence-corrected chi connectivity index (χ1v) is 12.5. The van der Waals surface area contributed by atoms with Gasteiger partial charge in [-0.25, -0.2) is 4.79 Å². The maximum absolute atomic E-state index is 12.8. The van der Waals surface area contributed by atoms with Crippen molar-refractivity contribution in [2.75, 3.05) is 26.2 Å². The highest BCUT2D eigenvalue weighted by atomic mass is 16.5. The maximum Gasteiger partial charge on any atom is 0.423 e. The van der Waals surface area contributed by atoms with E-state index in [1.165, 1.54) is 24.2 Å². The van der Waals surface area contributed by atoms with Crippen molar-refractivity contribution >= 4 is 23.8 Å². The third kappa shape index (κ3) is 5.03.